The van der Waals surface area contributed by atoms with Gasteiger partial charge in [-0.15, -0.1) is 0 Å². The van der Waals surface area contributed by atoms with E-state index in [-0.39, 0.29) is 0 Å². The fourth-order valence-corrected chi connectivity index (χ4v) is 2.34. The lowest BCUT2D eigenvalue weighted by atomic mass is 10.0. The Balaban J connectivity index is 2.04. The summed E-state index contributed by atoms with van der Waals surface area (Å²) in [7, 11) is 0. The summed E-state index contributed by atoms with van der Waals surface area (Å²) in [6.07, 6.45) is 2.68. The number of hydrogen-bond donors (Lipinski definition) is 1. The lowest BCUT2D eigenvalue weighted by Crippen LogP contribution is -1.94. The number of nitriles is 1. The number of thiazole rings is 1. The predicted octanol–water partition coefficient (Wildman–Crippen LogP) is 3.96. The number of aromatic nitrogens is 1. The van der Waals surface area contributed by atoms with Crippen LogP contribution in [0.2, 0.25) is 0 Å². The Kier molecular flexibility index (Phi) is 3.96. The summed E-state index contributed by atoms with van der Waals surface area (Å²) in [5, 5.41) is 12.7. The second-order valence-corrected chi connectivity index (χ2v) is 5.59. The second-order valence-electron chi connectivity index (χ2n) is 4.56. The van der Waals surface area contributed by atoms with E-state index >= 15 is 0 Å². The summed E-state index contributed by atoms with van der Waals surface area (Å²) < 4.78 is 0. The molecule has 2 rings (SSSR count). The van der Waals surface area contributed by atoms with Crippen LogP contribution in [0.5, 0.6) is 0 Å². The number of nitrogens with zero attached hydrogens (tertiary/aromatic N) is 2. The molecule has 1 heterocycles. The number of nitrogens with one attached hydrogen (secondary N) is 1. The van der Waals surface area contributed by atoms with E-state index < -0.39 is 0 Å². The van der Waals surface area contributed by atoms with Crippen LogP contribution in [0.1, 0.15) is 24.3 Å². The van der Waals surface area contributed by atoms with Crippen molar-refractivity contribution in [1.29, 1.82) is 5.26 Å². The second kappa shape index (κ2) is 5.65. The van der Waals surface area contributed by atoms with E-state index in [1.165, 1.54) is 16.9 Å². The molecule has 0 saturated carbocycles. The number of hydrogen-bond acceptors (Lipinski definition) is 4. The SMILES string of the molecule is CC(C)Cc1ccc(Nc2ncc(C#N)s2)cc1. The van der Waals surface area contributed by atoms with Gasteiger partial charge in [-0.05, 0) is 30.0 Å². The summed E-state index contributed by atoms with van der Waals surface area (Å²) in [5.74, 6) is 0.668. The highest BCUT2D eigenvalue weighted by Gasteiger charge is 2.02. The molecule has 0 radical (unpaired) electrons. The van der Waals surface area contributed by atoms with E-state index in [9.17, 15) is 0 Å². The van der Waals surface area contributed by atoms with Gasteiger partial charge < -0.3 is 5.32 Å². The Labute approximate surface area is 111 Å². The predicted molar refractivity (Wildman–Crippen MR) is 75.1 cm³/mol. The van der Waals surface area contributed by atoms with E-state index in [1.807, 2.05) is 12.1 Å². The van der Waals surface area contributed by atoms with Gasteiger partial charge in [0.1, 0.15) is 10.9 Å². The van der Waals surface area contributed by atoms with E-state index in [4.69, 9.17) is 5.26 Å². The molecule has 1 aromatic heterocycles. The first-order chi connectivity index (χ1) is 8.67. The third-order valence-electron chi connectivity index (χ3n) is 2.47. The van der Waals surface area contributed by atoms with Gasteiger partial charge in [0.15, 0.2) is 5.13 Å². The molecular weight excluding hydrogens is 242 g/mol. The summed E-state index contributed by atoms with van der Waals surface area (Å²) >= 11 is 1.36. The van der Waals surface area contributed by atoms with Crippen molar-refractivity contribution < 1.29 is 0 Å². The van der Waals surface area contributed by atoms with Crippen molar-refractivity contribution in [3.8, 4) is 6.07 Å². The zero-order valence-corrected chi connectivity index (χ0v) is 11.3. The smallest absolute Gasteiger partial charge is 0.188 e. The standard InChI is InChI=1S/C14H15N3S/c1-10(2)7-11-3-5-12(6-4-11)17-14-16-9-13(8-15)18-14/h3-6,9-10H,7H2,1-2H3,(H,16,17). The van der Waals surface area contributed by atoms with Crippen LogP contribution in [0.25, 0.3) is 0 Å². The molecule has 1 aromatic carbocycles. The molecule has 92 valence electrons. The van der Waals surface area contributed by atoms with Gasteiger partial charge in [-0.25, -0.2) is 4.98 Å². The van der Waals surface area contributed by atoms with Gasteiger partial charge >= 0.3 is 0 Å². The first-order valence-electron chi connectivity index (χ1n) is 5.89. The largest absolute Gasteiger partial charge is 0.332 e. The van der Waals surface area contributed by atoms with Gasteiger partial charge in [0.25, 0.3) is 0 Å². The Bertz CT molecular complexity index is 549. The molecule has 0 aliphatic rings. The van der Waals surface area contributed by atoms with E-state index in [0.717, 1.165) is 17.2 Å². The average molecular weight is 257 g/mol. The topological polar surface area (TPSA) is 48.7 Å². The highest BCUT2D eigenvalue weighted by atomic mass is 32.1. The highest BCUT2D eigenvalue weighted by Crippen LogP contribution is 2.22. The molecule has 0 spiro atoms. The Morgan fingerprint density at radius 1 is 1.33 bits per heavy atom. The molecule has 0 aliphatic heterocycles. The molecule has 0 bridgehead atoms. The summed E-state index contributed by atoms with van der Waals surface area (Å²) in [6.45, 7) is 4.43. The molecule has 0 fully saturated rings. The maximum absolute atomic E-state index is 8.73. The Morgan fingerprint density at radius 2 is 2.06 bits per heavy atom. The molecule has 0 atom stereocenters. The van der Waals surface area contributed by atoms with Gasteiger partial charge in [0.05, 0.1) is 6.20 Å². The van der Waals surface area contributed by atoms with E-state index in [0.29, 0.717) is 10.8 Å². The molecule has 0 amide bonds. The first-order valence-corrected chi connectivity index (χ1v) is 6.71. The van der Waals surface area contributed by atoms with Crippen LogP contribution in [0.15, 0.2) is 30.5 Å². The Morgan fingerprint density at radius 3 is 2.61 bits per heavy atom. The molecule has 3 nitrogen and oxygen atoms in total. The number of rotatable bonds is 4. The molecule has 18 heavy (non-hydrogen) atoms. The van der Waals surface area contributed by atoms with Gasteiger partial charge in [0.2, 0.25) is 0 Å². The fourth-order valence-electron chi connectivity index (χ4n) is 1.70. The number of anilines is 2. The van der Waals surface area contributed by atoms with Crippen LogP contribution >= 0.6 is 11.3 Å². The summed E-state index contributed by atoms with van der Waals surface area (Å²) in [4.78, 5) is 4.76. The van der Waals surface area contributed by atoms with Crippen molar-refractivity contribution in [2.24, 2.45) is 5.92 Å². The monoisotopic (exact) mass is 257 g/mol. The van der Waals surface area contributed by atoms with Crippen LogP contribution in [0.4, 0.5) is 10.8 Å². The normalized spacial score (nSPS) is 10.3. The van der Waals surface area contributed by atoms with E-state index in [2.05, 4.69) is 42.4 Å². The fraction of sp³-hybridized carbons (Fsp3) is 0.286. The van der Waals surface area contributed by atoms with Gasteiger partial charge in [-0.3, -0.25) is 0 Å². The molecule has 2 aromatic rings. The van der Waals surface area contributed by atoms with Crippen molar-refractivity contribution in [1.82, 2.24) is 4.98 Å². The van der Waals surface area contributed by atoms with Crippen LogP contribution in [0, 0.1) is 17.2 Å². The highest BCUT2D eigenvalue weighted by molar-refractivity contribution is 7.16. The third-order valence-corrected chi connectivity index (χ3v) is 3.28. The minimum Gasteiger partial charge on any atom is -0.332 e. The zero-order valence-electron chi connectivity index (χ0n) is 10.5. The average Bonchev–Trinajstić information content (AvgIpc) is 2.79. The number of benzene rings is 1. The maximum Gasteiger partial charge on any atom is 0.188 e. The molecule has 1 N–H and O–H groups in total. The maximum atomic E-state index is 8.73. The minimum absolute atomic E-state index is 0.619. The summed E-state index contributed by atoms with van der Waals surface area (Å²) in [6, 6.07) is 10.4. The van der Waals surface area contributed by atoms with Crippen molar-refractivity contribution in [2.75, 3.05) is 5.32 Å². The van der Waals surface area contributed by atoms with Gasteiger partial charge in [-0.1, -0.05) is 37.3 Å². The third kappa shape index (κ3) is 3.31. The molecule has 0 unspecified atom stereocenters. The van der Waals surface area contributed by atoms with Crippen molar-refractivity contribution >= 4 is 22.2 Å². The lowest BCUT2D eigenvalue weighted by molar-refractivity contribution is 0.647. The summed E-state index contributed by atoms with van der Waals surface area (Å²) in [5.41, 5.74) is 2.34. The Hall–Kier alpha value is -1.86. The van der Waals surface area contributed by atoms with Crippen molar-refractivity contribution in [3.05, 3.63) is 40.9 Å². The minimum atomic E-state index is 0.619. The van der Waals surface area contributed by atoms with Crippen LogP contribution in [-0.2, 0) is 6.42 Å². The van der Waals surface area contributed by atoms with Crippen molar-refractivity contribution in [2.45, 2.75) is 20.3 Å². The van der Waals surface area contributed by atoms with Crippen LogP contribution < -0.4 is 5.32 Å². The van der Waals surface area contributed by atoms with Crippen molar-refractivity contribution in [3.63, 3.8) is 0 Å². The van der Waals surface area contributed by atoms with Gasteiger partial charge in [0, 0.05) is 5.69 Å². The quantitative estimate of drug-likeness (QED) is 0.902. The van der Waals surface area contributed by atoms with Crippen LogP contribution in [0.3, 0.4) is 0 Å². The molecular formula is C14H15N3S. The lowest BCUT2D eigenvalue weighted by Gasteiger charge is -2.06. The van der Waals surface area contributed by atoms with Crippen LogP contribution in [-0.4, -0.2) is 4.98 Å². The zero-order chi connectivity index (χ0) is 13.0. The van der Waals surface area contributed by atoms with Gasteiger partial charge in [-0.2, -0.15) is 5.26 Å². The molecule has 0 saturated heterocycles. The first kappa shape index (κ1) is 12.6. The van der Waals surface area contributed by atoms with E-state index in [1.54, 1.807) is 6.20 Å². The molecule has 0 aliphatic carbocycles. The molecule has 4 heteroatoms.